The molecule has 3 atom stereocenters. The number of aliphatic hydroxyl groups is 1. The molecule has 6 aromatic rings. The van der Waals surface area contributed by atoms with Crippen LogP contribution < -0.4 is 36.6 Å². The first-order chi connectivity index (χ1) is 45.6. The second-order valence-electron chi connectivity index (χ2n) is 22.8. The molecule has 2 aliphatic heterocycles. The zero-order valence-corrected chi connectivity index (χ0v) is 53.6. The SMILES string of the molecule is Cc1cccc2c(OC(=O)N(CCOCCOCCO)CCN(C)C(=O)OCc3ccc(NC(=O)[C@H](CCCNC(N)=O)CC(=O)[C@@H](NC(=O)OCCN4C(=O)C=CC4=O)C(C)C)cc3)cc3c(c12)[C@H](CCl)CN3C(=O)c1cc2cc(NC(=O)c3ccc(O)cc3)cnc2[nH]1. The topological polar surface area (TPSA) is 373 Å². The number of nitrogens with zero attached hydrogens (tertiary/aromatic N) is 5. The number of nitrogens with two attached hydrogens (primary N) is 1. The predicted octanol–water partition coefficient (Wildman–Crippen LogP) is 6.70. The number of carbonyl (C=O) groups excluding carboxylic acids is 10. The number of halogens is 1. The number of urea groups is 1. The maximum Gasteiger partial charge on any atom is 0.415 e. The molecular weight excluding hydrogens is 1250 g/mol. The number of nitrogens with one attached hydrogen (secondary N) is 5. The Balaban J connectivity index is 0.901. The lowest BCUT2D eigenvalue weighted by atomic mass is 9.89. The van der Waals surface area contributed by atoms with Gasteiger partial charge in [-0.05, 0) is 96.3 Å². The third kappa shape index (κ3) is 19.0. The number of carbonyl (C=O) groups is 10. The van der Waals surface area contributed by atoms with Crippen molar-refractivity contribution in [2.75, 3.05) is 107 Å². The number of ketones is 1. The van der Waals surface area contributed by atoms with Crippen molar-refractivity contribution in [3.8, 4) is 11.5 Å². The molecule has 504 valence electrons. The molecule has 95 heavy (non-hydrogen) atoms. The number of aryl methyl sites for hydroxylation is 1. The maximum atomic E-state index is 14.7. The van der Waals surface area contributed by atoms with Gasteiger partial charge in [-0.25, -0.2) is 24.2 Å². The molecule has 2 aromatic heterocycles. The van der Waals surface area contributed by atoms with E-state index in [9.17, 15) is 53.1 Å². The number of phenolic OH excluding ortho intramolecular Hbond substituents is 1. The zero-order chi connectivity index (χ0) is 68.3. The Morgan fingerprint density at radius 2 is 1.57 bits per heavy atom. The van der Waals surface area contributed by atoms with Crippen molar-refractivity contribution in [3.05, 3.63) is 131 Å². The van der Waals surface area contributed by atoms with Gasteiger partial charge in [0.2, 0.25) is 5.91 Å². The van der Waals surface area contributed by atoms with Gasteiger partial charge in [-0.2, -0.15) is 0 Å². The van der Waals surface area contributed by atoms with Crippen molar-refractivity contribution in [1.82, 2.24) is 35.3 Å². The minimum atomic E-state index is -1.07. The van der Waals surface area contributed by atoms with E-state index in [1.807, 2.05) is 25.1 Å². The number of aromatic nitrogens is 2. The Bertz CT molecular complexity index is 3810. The zero-order valence-electron chi connectivity index (χ0n) is 52.9. The van der Waals surface area contributed by atoms with E-state index >= 15 is 0 Å². The van der Waals surface area contributed by atoms with Gasteiger partial charge in [0.1, 0.15) is 36.1 Å². The molecule has 8 rings (SSSR count). The minimum absolute atomic E-state index is 0.00637. The number of primary amides is 1. The number of hydrogen-bond acceptors (Lipinski definition) is 18. The van der Waals surface area contributed by atoms with Gasteiger partial charge < -0.3 is 80.6 Å². The van der Waals surface area contributed by atoms with Crippen molar-refractivity contribution in [2.24, 2.45) is 17.6 Å². The summed E-state index contributed by atoms with van der Waals surface area (Å²) in [6, 6.07) is 20.8. The fourth-order valence-corrected chi connectivity index (χ4v) is 11.0. The first kappa shape index (κ1) is 70.7. The summed E-state index contributed by atoms with van der Waals surface area (Å²) in [7, 11) is 1.49. The summed E-state index contributed by atoms with van der Waals surface area (Å²) in [5.74, 6) is -4.29. The number of hydrogen-bond donors (Lipinski definition) is 8. The van der Waals surface area contributed by atoms with Crippen LogP contribution in [0.15, 0.2) is 103 Å². The molecular formula is C66H76ClN11O17. The lowest BCUT2D eigenvalue weighted by Gasteiger charge is -2.26. The number of fused-ring (bicyclic) bond motifs is 4. The van der Waals surface area contributed by atoms with Crippen molar-refractivity contribution in [1.29, 1.82) is 0 Å². The number of alkyl carbamates (subject to hydrolysis) is 1. The number of anilines is 3. The van der Waals surface area contributed by atoms with Crippen LogP contribution in [-0.2, 0) is 44.7 Å². The van der Waals surface area contributed by atoms with Gasteiger partial charge in [0.05, 0.1) is 63.2 Å². The van der Waals surface area contributed by atoms with Crippen LogP contribution in [0.1, 0.15) is 76.6 Å². The highest BCUT2D eigenvalue weighted by Crippen LogP contribution is 2.47. The molecule has 0 aliphatic carbocycles. The summed E-state index contributed by atoms with van der Waals surface area (Å²) in [6.45, 7) is 5.18. The number of alkyl halides is 1. The molecule has 0 saturated heterocycles. The maximum absolute atomic E-state index is 14.7. The fourth-order valence-electron chi connectivity index (χ4n) is 10.7. The Morgan fingerprint density at radius 3 is 2.26 bits per heavy atom. The third-order valence-corrected chi connectivity index (χ3v) is 16.1. The number of pyridine rings is 1. The summed E-state index contributed by atoms with van der Waals surface area (Å²) in [4.78, 5) is 144. The molecule has 9 N–H and O–H groups in total. The van der Waals surface area contributed by atoms with Crippen molar-refractivity contribution >= 4 is 110 Å². The summed E-state index contributed by atoms with van der Waals surface area (Å²) in [5, 5.41) is 31.3. The molecule has 29 heteroatoms. The molecule has 28 nitrogen and oxygen atoms in total. The summed E-state index contributed by atoms with van der Waals surface area (Å²) in [5.41, 5.74) is 9.50. The number of aromatic hydroxyl groups is 1. The van der Waals surface area contributed by atoms with E-state index < -0.39 is 77.5 Å². The van der Waals surface area contributed by atoms with Crippen LogP contribution in [-0.4, -0.2) is 192 Å². The van der Waals surface area contributed by atoms with Gasteiger partial charge in [-0.1, -0.05) is 44.2 Å². The molecule has 0 radical (unpaired) electrons. The first-order valence-corrected chi connectivity index (χ1v) is 31.2. The second kappa shape index (κ2) is 33.6. The molecule has 4 aromatic carbocycles. The van der Waals surface area contributed by atoms with Gasteiger partial charge in [0.25, 0.3) is 23.6 Å². The number of Topliss-reactive ketones (excluding diaryl/α,β-unsaturated/α-hetero) is 1. The lowest BCUT2D eigenvalue weighted by molar-refractivity contribution is -0.137. The van der Waals surface area contributed by atoms with E-state index in [0.717, 1.165) is 33.6 Å². The van der Waals surface area contributed by atoms with Crippen LogP contribution in [0, 0.1) is 18.8 Å². The van der Waals surface area contributed by atoms with Crippen LogP contribution in [0.2, 0.25) is 0 Å². The standard InChI is InChI=1S/C66H76ClN11O17/c1-39(2)58(74-64(88)93-27-24-77-54(82)18-19-55(77)83)52(81)33-43(8-6-20-69-63(68)87)61(85)71-46-14-10-41(11-15-46)38-94-65(89)75(4)21-22-76(23-26-91-29-30-92-28-25-79)66(90)95-53-34-51-57(56-40(3)7-5-9-49(53)56)45(35-67)37-78(51)62(86)50-32-44-31-47(36-70-59(44)73-50)72-60(84)42-12-16-48(80)17-13-42/h5,7,9-19,31-32,34,36,39,43,45,58,79-80H,6,8,20-30,33,35,37-38H2,1-4H3,(H,70,73)(H,71,85)(H,72,84)(H,74,88)(H3,68,69,87)/t43-,45-,58+/m1/s1. The fraction of sp³-hybridized carbons (Fsp3) is 0.379. The number of amides is 10. The molecule has 2 aliphatic rings. The number of aromatic amines is 1. The molecule has 0 unspecified atom stereocenters. The average Bonchev–Trinajstić information content (AvgIpc) is 1.69. The van der Waals surface area contributed by atoms with Crippen LogP contribution >= 0.6 is 11.6 Å². The number of phenols is 1. The van der Waals surface area contributed by atoms with E-state index in [1.165, 1.54) is 47.3 Å². The van der Waals surface area contributed by atoms with Crippen molar-refractivity contribution < 1.29 is 81.8 Å². The average molecular weight is 1330 g/mol. The molecule has 0 spiro atoms. The summed E-state index contributed by atoms with van der Waals surface area (Å²) in [6.07, 6.45) is 1.28. The smallest absolute Gasteiger partial charge is 0.415 e. The molecule has 10 amide bonds. The summed E-state index contributed by atoms with van der Waals surface area (Å²) >= 11 is 6.67. The predicted molar refractivity (Wildman–Crippen MR) is 349 cm³/mol. The Labute approximate surface area is 551 Å². The monoisotopic (exact) mass is 1330 g/mol. The van der Waals surface area contributed by atoms with E-state index in [1.54, 1.807) is 61.2 Å². The number of likely N-dealkylation sites (N-methyl/N-ethyl adjacent to an activating group) is 1. The normalized spacial score (nSPS) is 13.9. The van der Waals surface area contributed by atoms with Crippen LogP contribution in [0.4, 0.5) is 36.2 Å². The van der Waals surface area contributed by atoms with Gasteiger partial charge >= 0.3 is 24.3 Å². The largest absolute Gasteiger partial charge is 0.508 e. The third-order valence-electron chi connectivity index (χ3n) is 15.7. The van der Waals surface area contributed by atoms with E-state index in [0.29, 0.717) is 44.6 Å². The Morgan fingerprint density at radius 1 is 0.842 bits per heavy atom. The van der Waals surface area contributed by atoms with Crippen molar-refractivity contribution in [3.63, 3.8) is 0 Å². The lowest BCUT2D eigenvalue weighted by Crippen LogP contribution is -2.46. The summed E-state index contributed by atoms with van der Waals surface area (Å²) < 4.78 is 28.2. The van der Waals surface area contributed by atoms with E-state index in [2.05, 4.69) is 31.2 Å². The number of benzene rings is 4. The molecule has 0 fully saturated rings. The number of imide groups is 1. The Kier molecular flexibility index (Phi) is 25.0. The number of H-pyrrole nitrogens is 1. The van der Waals surface area contributed by atoms with Crippen LogP contribution in [0.5, 0.6) is 11.5 Å². The van der Waals surface area contributed by atoms with Gasteiger partial charge in [0.15, 0.2) is 5.78 Å². The van der Waals surface area contributed by atoms with Gasteiger partial charge in [-0.15, -0.1) is 11.6 Å². The van der Waals surface area contributed by atoms with Crippen molar-refractivity contribution in [2.45, 2.75) is 58.6 Å². The number of rotatable bonds is 32. The molecule has 4 heterocycles. The van der Waals surface area contributed by atoms with E-state index in [4.69, 9.17) is 46.1 Å². The van der Waals surface area contributed by atoms with Crippen LogP contribution in [0.3, 0.4) is 0 Å². The molecule has 0 saturated carbocycles. The highest BCUT2D eigenvalue weighted by atomic mass is 35.5. The van der Waals surface area contributed by atoms with Gasteiger partial charge in [-0.3, -0.25) is 33.7 Å². The number of ether oxygens (including phenoxy) is 5. The minimum Gasteiger partial charge on any atom is -0.508 e. The highest BCUT2D eigenvalue weighted by Gasteiger charge is 2.37. The number of aliphatic hydroxyl groups excluding tert-OH is 1. The van der Waals surface area contributed by atoms with Gasteiger partial charge in [0, 0.05) is 104 Å². The quantitative estimate of drug-likeness (QED) is 0.0124. The van der Waals surface area contributed by atoms with Crippen LogP contribution in [0.25, 0.3) is 21.8 Å². The first-order valence-electron chi connectivity index (χ1n) is 30.7. The van der Waals surface area contributed by atoms with E-state index in [-0.39, 0.29) is 134 Å². The molecule has 0 bridgehead atoms. The Hall–Kier alpha value is -10.2. The highest BCUT2D eigenvalue weighted by molar-refractivity contribution is 6.20. The second-order valence-corrected chi connectivity index (χ2v) is 23.2.